The molecular formula is C20H22N2O14. The number of nitro benzene ring substituents is 2. The van der Waals surface area contributed by atoms with E-state index in [9.17, 15) is 39.4 Å². The zero-order valence-corrected chi connectivity index (χ0v) is 19.4. The van der Waals surface area contributed by atoms with Crippen molar-refractivity contribution in [2.75, 3.05) is 6.61 Å². The number of rotatable bonds is 9. The fourth-order valence-electron chi connectivity index (χ4n) is 3.27. The lowest BCUT2D eigenvalue weighted by Gasteiger charge is -2.43. The lowest BCUT2D eigenvalue weighted by atomic mass is 9.98. The van der Waals surface area contributed by atoms with Crippen molar-refractivity contribution in [2.24, 2.45) is 0 Å². The monoisotopic (exact) mass is 514 g/mol. The molecule has 1 aromatic rings. The third-order valence-corrected chi connectivity index (χ3v) is 4.54. The summed E-state index contributed by atoms with van der Waals surface area (Å²) in [6.45, 7) is 3.60. The molecule has 1 aliphatic rings. The number of hydrogen-bond acceptors (Lipinski definition) is 14. The van der Waals surface area contributed by atoms with Crippen molar-refractivity contribution >= 4 is 35.3 Å². The van der Waals surface area contributed by atoms with Crippen LogP contribution in [0.1, 0.15) is 27.7 Å². The van der Waals surface area contributed by atoms with Crippen LogP contribution in [-0.4, -0.2) is 71.0 Å². The van der Waals surface area contributed by atoms with Gasteiger partial charge in [0.1, 0.15) is 12.7 Å². The quantitative estimate of drug-likeness (QED) is 0.194. The highest BCUT2D eigenvalue weighted by molar-refractivity contribution is 5.68. The molecule has 0 aromatic heterocycles. The van der Waals surface area contributed by atoms with Crippen molar-refractivity contribution in [3.8, 4) is 5.75 Å². The number of hydrogen-bond donors (Lipinski definition) is 0. The lowest BCUT2D eigenvalue weighted by molar-refractivity contribution is -0.395. The van der Waals surface area contributed by atoms with E-state index in [4.69, 9.17) is 28.4 Å². The number of carbonyl (C=O) groups is 4. The van der Waals surface area contributed by atoms with E-state index in [-0.39, 0.29) is 0 Å². The molecule has 1 fully saturated rings. The number of esters is 4. The Balaban J connectivity index is 2.57. The van der Waals surface area contributed by atoms with Gasteiger partial charge in [-0.15, -0.1) is 0 Å². The minimum atomic E-state index is -1.74. The molecular weight excluding hydrogens is 492 g/mol. The largest absolute Gasteiger partial charge is 0.463 e. The predicted molar refractivity (Wildman–Crippen MR) is 112 cm³/mol. The van der Waals surface area contributed by atoms with Gasteiger partial charge in [0, 0.05) is 33.8 Å². The molecule has 196 valence electrons. The number of ether oxygens (including phenoxy) is 6. The van der Waals surface area contributed by atoms with Gasteiger partial charge in [-0.25, -0.2) is 0 Å². The predicted octanol–water partition coefficient (Wildman–Crippen LogP) is 0.965. The van der Waals surface area contributed by atoms with Gasteiger partial charge in [-0.3, -0.25) is 39.4 Å². The third kappa shape index (κ3) is 7.33. The van der Waals surface area contributed by atoms with Crippen molar-refractivity contribution in [2.45, 2.75) is 58.4 Å². The Morgan fingerprint density at radius 3 is 1.89 bits per heavy atom. The highest BCUT2D eigenvalue weighted by atomic mass is 16.7. The highest BCUT2D eigenvalue weighted by Gasteiger charge is 2.53. The van der Waals surface area contributed by atoms with E-state index in [0.29, 0.717) is 6.07 Å². The molecule has 36 heavy (non-hydrogen) atoms. The van der Waals surface area contributed by atoms with Crippen LogP contribution in [0.2, 0.25) is 0 Å². The van der Waals surface area contributed by atoms with Gasteiger partial charge in [-0.2, -0.15) is 0 Å². The van der Waals surface area contributed by atoms with Crippen LogP contribution in [0.4, 0.5) is 11.4 Å². The third-order valence-electron chi connectivity index (χ3n) is 4.54. The summed E-state index contributed by atoms with van der Waals surface area (Å²) in [5.74, 6) is -3.91. The minimum absolute atomic E-state index is 0.522. The molecule has 1 heterocycles. The van der Waals surface area contributed by atoms with Gasteiger partial charge in [-0.05, 0) is 6.07 Å². The Morgan fingerprint density at radius 2 is 1.39 bits per heavy atom. The number of non-ortho nitro benzene ring substituents is 1. The second-order valence-electron chi connectivity index (χ2n) is 7.35. The average Bonchev–Trinajstić information content (AvgIpc) is 2.75. The van der Waals surface area contributed by atoms with Crippen molar-refractivity contribution in [1.82, 2.24) is 0 Å². The molecule has 16 nitrogen and oxygen atoms in total. The zero-order chi connectivity index (χ0) is 27.2. The van der Waals surface area contributed by atoms with Crippen molar-refractivity contribution in [1.29, 1.82) is 0 Å². The van der Waals surface area contributed by atoms with Gasteiger partial charge in [0.2, 0.25) is 18.1 Å². The zero-order valence-electron chi connectivity index (χ0n) is 19.4. The second-order valence-corrected chi connectivity index (χ2v) is 7.35. The standard InChI is InChI=1S/C20H22N2O14/c1-9(23)31-8-16-17(32-10(2)24)18(33-11(3)25)19(34-12(4)26)20(36-16)35-15-6-5-13(21(27)28)7-14(15)22(29)30/h5-7,16-20H,8H2,1-4H3/t16-,17+,18-,19-,20+/m0/s1. The molecule has 0 spiro atoms. The number of nitrogens with zero attached hydrogens (tertiary/aromatic N) is 2. The van der Waals surface area contributed by atoms with Crippen LogP contribution in [0.25, 0.3) is 0 Å². The maximum absolute atomic E-state index is 11.8. The summed E-state index contributed by atoms with van der Waals surface area (Å²) in [4.78, 5) is 67.5. The molecule has 0 unspecified atom stereocenters. The highest BCUT2D eigenvalue weighted by Crippen LogP contribution is 2.36. The second kappa shape index (κ2) is 11.9. The molecule has 0 radical (unpaired) electrons. The van der Waals surface area contributed by atoms with Crippen molar-refractivity contribution < 1.29 is 57.4 Å². The molecule has 0 amide bonds. The van der Waals surface area contributed by atoms with E-state index >= 15 is 0 Å². The van der Waals surface area contributed by atoms with Crippen LogP contribution in [0.3, 0.4) is 0 Å². The maximum Gasteiger partial charge on any atom is 0.317 e. The van der Waals surface area contributed by atoms with Crippen LogP contribution >= 0.6 is 0 Å². The topological polar surface area (TPSA) is 210 Å². The van der Waals surface area contributed by atoms with Gasteiger partial charge in [0.25, 0.3) is 5.69 Å². The first-order valence-electron chi connectivity index (χ1n) is 10.2. The Bertz CT molecular complexity index is 1060. The normalized spacial score (nSPS) is 23.1. The van der Waals surface area contributed by atoms with Gasteiger partial charge < -0.3 is 28.4 Å². The van der Waals surface area contributed by atoms with E-state index in [1.807, 2.05) is 0 Å². The molecule has 16 heteroatoms. The van der Waals surface area contributed by atoms with Crippen molar-refractivity contribution in [3.05, 3.63) is 38.4 Å². The molecule has 0 saturated carbocycles. The first-order valence-corrected chi connectivity index (χ1v) is 10.2. The summed E-state index contributed by atoms with van der Waals surface area (Å²) in [6.07, 6.45) is -7.76. The molecule has 0 bridgehead atoms. The van der Waals surface area contributed by atoms with Gasteiger partial charge >= 0.3 is 29.6 Å². The molecule has 5 atom stereocenters. The molecule has 1 saturated heterocycles. The first-order chi connectivity index (χ1) is 16.8. The maximum atomic E-state index is 11.8. The molecule has 1 aromatic carbocycles. The van der Waals surface area contributed by atoms with Crippen LogP contribution in [-0.2, 0) is 42.9 Å². The molecule has 2 rings (SSSR count). The fourth-order valence-corrected chi connectivity index (χ4v) is 3.27. The fraction of sp³-hybridized carbons (Fsp3) is 0.500. The van der Waals surface area contributed by atoms with Crippen LogP contribution < -0.4 is 4.74 Å². The first kappa shape index (κ1) is 27.9. The van der Waals surface area contributed by atoms with E-state index < -0.39 is 88.2 Å². The summed E-state index contributed by atoms with van der Waals surface area (Å²) in [7, 11) is 0. The minimum Gasteiger partial charge on any atom is -0.463 e. The van der Waals surface area contributed by atoms with Crippen molar-refractivity contribution in [3.63, 3.8) is 0 Å². The summed E-state index contributed by atoms with van der Waals surface area (Å²) < 4.78 is 31.8. The Labute approximate surface area is 202 Å². The van der Waals surface area contributed by atoms with Gasteiger partial charge in [-0.1, -0.05) is 0 Å². The summed E-state index contributed by atoms with van der Waals surface area (Å²) in [5.41, 5.74) is -1.42. The van der Waals surface area contributed by atoms with E-state index in [1.54, 1.807) is 0 Å². The van der Waals surface area contributed by atoms with Crippen LogP contribution in [0.15, 0.2) is 18.2 Å². The number of benzene rings is 1. The molecule has 0 aliphatic carbocycles. The smallest absolute Gasteiger partial charge is 0.317 e. The number of carbonyl (C=O) groups excluding carboxylic acids is 4. The van der Waals surface area contributed by atoms with E-state index in [1.165, 1.54) is 0 Å². The van der Waals surface area contributed by atoms with Gasteiger partial charge in [0.15, 0.2) is 12.2 Å². The molecule has 1 aliphatic heterocycles. The summed E-state index contributed by atoms with van der Waals surface area (Å²) in [6, 6.07) is 2.48. The Morgan fingerprint density at radius 1 is 0.833 bits per heavy atom. The lowest BCUT2D eigenvalue weighted by Crippen LogP contribution is -2.63. The average molecular weight is 514 g/mol. The molecule has 0 N–H and O–H groups in total. The number of nitro groups is 2. The van der Waals surface area contributed by atoms with E-state index in [0.717, 1.165) is 39.8 Å². The Kier molecular flexibility index (Phi) is 9.20. The van der Waals surface area contributed by atoms with E-state index in [2.05, 4.69) is 0 Å². The SMILES string of the molecule is CC(=O)OC[C@@H]1O[C@@H](Oc2ccc([N+](=O)[O-])cc2[N+](=O)[O-])[C@@H](OC(C)=O)[C@@H](OC(C)=O)[C@@H]1OC(C)=O. The van der Waals surface area contributed by atoms with Crippen LogP contribution in [0, 0.1) is 20.2 Å². The van der Waals surface area contributed by atoms with Gasteiger partial charge in [0.05, 0.1) is 15.9 Å². The summed E-state index contributed by atoms with van der Waals surface area (Å²) in [5, 5.41) is 22.5. The van der Waals surface area contributed by atoms with Crippen LogP contribution in [0.5, 0.6) is 5.75 Å². The Hall–Kier alpha value is -4.34. The summed E-state index contributed by atoms with van der Waals surface area (Å²) >= 11 is 0.